The van der Waals surface area contributed by atoms with Crippen molar-refractivity contribution in [3.8, 4) is 0 Å². The molecule has 1 aromatic heterocycles. The van der Waals surface area contributed by atoms with Crippen LogP contribution in [0.5, 0.6) is 0 Å². The van der Waals surface area contributed by atoms with Crippen LogP contribution in [0.3, 0.4) is 0 Å². The lowest BCUT2D eigenvalue weighted by Gasteiger charge is -2.15. The fourth-order valence-electron chi connectivity index (χ4n) is 2.26. The van der Waals surface area contributed by atoms with Crippen molar-refractivity contribution in [1.29, 1.82) is 0 Å². The van der Waals surface area contributed by atoms with E-state index in [2.05, 4.69) is 9.97 Å². The maximum Gasteiger partial charge on any atom is 0.308 e. The lowest BCUT2D eigenvalue weighted by Crippen LogP contribution is -2.24. The molecule has 1 unspecified atom stereocenters. The Kier molecular flexibility index (Phi) is 2.59. The van der Waals surface area contributed by atoms with Crippen LogP contribution in [0.2, 0.25) is 0 Å². The second kappa shape index (κ2) is 4.25. The van der Waals surface area contributed by atoms with Crippen LogP contribution in [0, 0.1) is 5.92 Å². The van der Waals surface area contributed by atoms with Crippen LogP contribution < -0.4 is 4.90 Å². The summed E-state index contributed by atoms with van der Waals surface area (Å²) in [5.41, 5.74) is 0.890. The molecular formula is C13H13N3O2. The van der Waals surface area contributed by atoms with E-state index in [1.165, 1.54) is 0 Å². The fourth-order valence-corrected chi connectivity index (χ4v) is 2.26. The van der Waals surface area contributed by atoms with Crippen LogP contribution in [-0.2, 0) is 4.79 Å². The Bertz CT molecular complexity index is 600. The summed E-state index contributed by atoms with van der Waals surface area (Å²) in [6, 6.07) is 7.78. The Labute approximate surface area is 104 Å². The highest BCUT2D eigenvalue weighted by Crippen LogP contribution is 2.22. The van der Waals surface area contributed by atoms with Crippen molar-refractivity contribution in [2.45, 2.75) is 6.42 Å². The fraction of sp³-hybridized carbons (Fsp3) is 0.308. The zero-order valence-electron chi connectivity index (χ0n) is 9.78. The van der Waals surface area contributed by atoms with E-state index < -0.39 is 5.97 Å². The summed E-state index contributed by atoms with van der Waals surface area (Å²) in [6.45, 7) is 1.20. The highest BCUT2D eigenvalue weighted by molar-refractivity contribution is 5.78. The molecule has 92 valence electrons. The van der Waals surface area contributed by atoms with Gasteiger partial charge < -0.3 is 10.0 Å². The Morgan fingerprint density at radius 3 is 3.00 bits per heavy atom. The first-order valence-electron chi connectivity index (χ1n) is 5.93. The number of carboxylic acid groups (broad SMARTS) is 1. The number of para-hydroxylation sites is 1. The normalized spacial score (nSPS) is 19.3. The molecule has 0 saturated carbocycles. The van der Waals surface area contributed by atoms with Gasteiger partial charge in [-0.25, -0.2) is 9.97 Å². The van der Waals surface area contributed by atoms with Gasteiger partial charge in [-0.05, 0) is 12.5 Å². The first kappa shape index (κ1) is 11.0. The standard InChI is InChI=1S/C13H13N3O2/c17-12(18)10-5-6-16(8-10)13-14-7-9-3-1-2-4-11(9)15-13/h1-4,7,10H,5-6,8H2,(H,17,18). The molecule has 1 aliphatic heterocycles. The van der Waals surface area contributed by atoms with Crippen LogP contribution >= 0.6 is 0 Å². The number of hydrogen-bond donors (Lipinski definition) is 1. The summed E-state index contributed by atoms with van der Waals surface area (Å²) < 4.78 is 0. The Morgan fingerprint density at radius 2 is 2.22 bits per heavy atom. The molecule has 18 heavy (non-hydrogen) atoms. The molecule has 1 aliphatic rings. The molecule has 2 heterocycles. The Morgan fingerprint density at radius 1 is 1.39 bits per heavy atom. The quantitative estimate of drug-likeness (QED) is 0.866. The SMILES string of the molecule is O=C(O)C1CCN(c2ncc3ccccc3n2)C1. The van der Waals surface area contributed by atoms with Crippen LogP contribution in [0.15, 0.2) is 30.5 Å². The molecule has 3 rings (SSSR count). The summed E-state index contributed by atoms with van der Waals surface area (Å²) in [5, 5.41) is 9.98. The number of nitrogens with zero attached hydrogens (tertiary/aromatic N) is 3. The summed E-state index contributed by atoms with van der Waals surface area (Å²) >= 11 is 0. The molecular weight excluding hydrogens is 230 g/mol. The van der Waals surface area contributed by atoms with E-state index in [1.54, 1.807) is 6.20 Å². The van der Waals surface area contributed by atoms with Crippen LogP contribution in [-0.4, -0.2) is 34.1 Å². The van der Waals surface area contributed by atoms with Crippen LogP contribution in [0.25, 0.3) is 10.9 Å². The van der Waals surface area contributed by atoms with E-state index in [1.807, 2.05) is 29.2 Å². The van der Waals surface area contributed by atoms with Crippen molar-refractivity contribution in [3.05, 3.63) is 30.5 Å². The van der Waals surface area contributed by atoms with E-state index in [4.69, 9.17) is 5.11 Å². The topological polar surface area (TPSA) is 66.3 Å². The molecule has 1 atom stereocenters. The summed E-state index contributed by atoms with van der Waals surface area (Å²) in [5.74, 6) is -0.421. The average molecular weight is 243 g/mol. The maximum absolute atomic E-state index is 10.9. The van der Waals surface area contributed by atoms with Crippen molar-refractivity contribution >= 4 is 22.8 Å². The molecule has 0 spiro atoms. The highest BCUT2D eigenvalue weighted by Gasteiger charge is 2.29. The van der Waals surface area contributed by atoms with E-state index in [-0.39, 0.29) is 5.92 Å². The summed E-state index contributed by atoms with van der Waals surface area (Å²) in [7, 11) is 0. The van der Waals surface area contributed by atoms with Gasteiger partial charge in [0.2, 0.25) is 5.95 Å². The van der Waals surface area contributed by atoms with Crippen molar-refractivity contribution in [3.63, 3.8) is 0 Å². The highest BCUT2D eigenvalue weighted by atomic mass is 16.4. The molecule has 0 bridgehead atoms. The molecule has 5 heteroatoms. The number of rotatable bonds is 2. The van der Waals surface area contributed by atoms with E-state index in [0.29, 0.717) is 25.5 Å². The van der Waals surface area contributed by atoms with Gasteiger partial charge in [-0.2, -0.15) is 0 Å². The minimum absolute atomic E-state index is 0.305. The minimum atomic E-state index is -0.738. The third-order valence-corrected chi connectivity index (χ3v) is 3.30. The molecule has 1 N–H and O–H groups in total. The number of benzene rings is 1. The summed E-state index contributed by atoms with van der Waals surface area (Å²) in [4.78, 5) is 21.6. The number of fused-ring (bicyclic) bond motifs is 1. The molecule has 5 nitrogen and oxygen atoms in total. The smallest absolute Gasteiger partial charge is 0.308 e. The lowest BCUT2D eigenvalue weighted by molar-refractivity contribution is -0.140. The maximum atomic E-state index is 10.9. The van der Waals surface area contributed by atoms with Gasteiger partial charge in [0.1, 0.15) is 0 Å². The average Bonchev–Trinajstić information content (AvgIpc) is 2.88. The summed E-state index contributed by atoms with van der Waals surface area (Å²) in [6.07, 6.45) is 2.44. The molecule has 1 aromatic carbocycles. The first-order valence-corrected chi connectivity index (χ1v) is 5.93. The van der Waals surface area contributed by atoms with Crippen molar-refractivity contribution in [1.82, 2.24) is 9.97 Å². The van der Waals surface area contributed by atoms with Crippen molar-refractivity contribution < 1.29 is 9.90 Å². The molecule has 1 fully saturated rings. The third-order valence-electron chi connectivity index (χ3n) is 3.30. The zero-order chi connectivity index (χ0) is 12.5. The van der Waals surface area contributed by atoms with Gasteiger partial charge in [0.05, 0.1) is 11.4 Å². The van der Waals surface area contributed by atoms with Crippen molar-refractivity contribution in [2.24, 2.45) is 5.92 Å². The monoisotopic (exact) mass is 243 g/mol. The lowest BCUT2D eigenvalue weighted by atomic mass is 10.1. The van der Waals surface area contributed by atoms with Gasteiger partial charge in [-0.3, -0.25) is 4.79 Å². The van der Waals surface area contributed by atoms with Gasteiger partial charge >= 0.3 is 5.97 Å². The Balaban J connectivity index is 1.89. The number of carboxylic acids is 1. The molecule has 2 aromatic rings. The second-order valence-electron chi connectivity index (χ2n) is 4.50. The Hall–Kier alpha value is -2.17. The van der Waals surface area contributed by atoms with Gasteiger partial charge in [0.15, 0.2) is 0 Å². The zero-order valence-corrected chi connectivity index (χ0v) is 9.78. The third kappa shape index (κ3) is 1.88. The number of aliphatic carboxylic acids is 1. The van der Waals surface area contributed by atoms with Gasteiger partial charge in [-0.1, -0.05) is 18.2 Å². The molecule has 0 amide bonds. The van der Waals surface area contributed by atoms with Crippen molar-refractivity contribution in [2.75, 3.05) is 18.0 Å². The predicted octanol–water partition coefficient (Wildman–Crippen LogP) is 1.54. The van der Waals surface area contributed by atoms with Gasteiger partial charge in [0, 0.05) is 24.7 Å². The number of aromatic nitrogens is 2. The second-order valence-corrected chi connectivity index (χ2v) is 4.50. The van der Waals surface area contributed by atoms with Gasteiger partial charge in [-0.15, -0.1) is 0 Å². The first-order chi connectivity index (χ1) is 8.74. The van der Waals surface area contributed by atoms with E-state index >= 15 is 0 Å². The number of carbonyl (C=O) groups is 1. The number of hydrogen-bond acceptors (Lipinski definition) is 4. The predicted molar refractivity (Wildman–Crippen MR) is 67.5 cm³/mol. The minimum Gasteiger partial charge on any atom is -0.481 e. The van der Waals surface area contributed by atoms with Gasteiger partial charge in [0.25, 0.3) is 0 Å². The number of anilines is 1. The van der Waals surface area contributed by atoms with E-state index in [9.17, 15) is 4.79 Å². The van der Waals surface area contributed by atoms with Crippen LogP contribution in [0.4, 0.5) is 5.95 Å². The van der Waals surface area contributed by atoms with Crippen LogP contribution in [0.1, 0.15) is 6.42 Å². The molecule has 0 radical (unpaired) electrons. The molecule has 1 saturated heterocycles. The van der Waals surface area contributed by atoms with E-state index in [0.717, 1.165) is 10.9 Å². The molecule has 0 aliphatic carbocycles. The largest absolute Gasteiger partial charge is 0.481 e.